The molecule has 236 valence electrons. The van der Waals surface area contributed by atoms with E-state index >= 15 is 0 Å². The molecular weight excluding hydrogens is 572 g/mol. The van der Waals surface area contributed by atoms with Gasteiger partial charge in [0.05, 0.1) is 11.4 Å². The summed E-state index contributed by atoms with van der Waals surface area (Å²) in [5.41, 5.74) is 3.27. The van der Waals surface area contributed by atoms with Crippen LogP contribution in [0.3, 0.4) is 0 Å². The van der Waals surface area contributed by atoms with Crippen molar-refractivity contribution in [3.8, 4) is 11.5 Å². The van der Waals surface area contributed by atoms with E-state index in [2.05, 4.69) is 49.6 Å². The van der Waals surface area contributed by atoms with Crippen LogP contribution in [-0.2, 0) is 0 Å². The number of rotatable bonds is 8. The van der Waals surface area contributed by atoms with Crippen molar-refractivity contribution in [2.75, 3.05) is 36.0 Å². The maximum Gasteiger partial charge on any atom is 0.123 e. The minimum absolute atomic E-state index is 0.00776. The molecule has 0 aromatic heterocycles. The van der Waals surface area contributed by atoms with Crippen LogP contribution in [0.25, 0.3) is 43.1 Å². The van der Waals surface area contributed by atoms with Gasteiger partial charge in [-0.15, -0.1) is 12.2 Å². The molecule has 0 bridgehead atoms. The van der Waals surface area contributed by atoms with Crippen LogP contribution >= 0.6 is 0 Å². The largest absolute Gasteiger partial charge is 0.851 e. The van der Waals surface area contributed by atoms with E-state index in [1.54, 1.807) is 24.3 Å². The van der Waals surface area contributed by atoms with Gasteiger partial charge < -0.3 is 30.2 Å². The summed E-state index contributed by atoms with van der Waals surface area (Å²) in [4.78, 5) is 4.53. The van der Waals surface area contributed by atoms with Crippen LogP contribution in [0.5, 0.6) is 11.5 Å². The fourth-order valence-corrected chi connectivity index (χ4v) is 8.24. The second-order valence-electron chi connectivity index (χ2n) is 12.3. The summed E-state index contributed by atoms with van der Waals surface area (Å²) in [6, 6.07) is 26.9. The van der Waals surface area contributed by atoms with Crippen LogP contribution in [0.2, 0.25) is 0 Å². The molecule has 1 saturated carbocycles. The van der Waals surface area contributed by atoms with E-state index in [9.17, 15) is 20.4 Å². The van der Waals surface area contributed by atoms with Crippen molar-refractivity contribution in [3.05, 3.63) is 96.1 Å². The fraction of sp³-hybridized carbons (Fsp3) is 0.300. The van der Waals surface area contributed by atoms with Crippen molar-refractivity contribution in [3.63, 3.8) is 0 Å². The van der Waals surface area contributed by atoms with Crippen LogP contribution in [0, 0.1) is 0 Å². The lowest BCUT2D eigenvalue weighted by Crippen LogP contribution is -2.63. The molecule has 0 radical (unpaired) electrons. The molecule has 6 aromatic rings. The number of hydrogen-bond acceptors (Lipinski definition) is 6. The third kappa shape index (κ3) is 4.24. The second-order valence-corrected chi connectivity index (χ2v) is 12.3. The summed E-state index contributed by atoms with van der Waals surface area (Å²) < 4.78 is 0. The third-order valence-electron chi connectivity index (χ3n) is 10.3. The summed E-state index contributed by atoms with van der Waals surface area (Å²) >= 11 is 0. The number of nitrogens with zero attached hydrogens (tertiary/aromatic N) is 2. The molecule has 6 nitrogen and oxygen atoms in total. The van der Waals surface area contributed by atoms with Crippen LogP contribution in [0.1, 0.15) is 50.7 Å². The number of anilines is 2. The first-order valence-corrected chi connectivity index (χ1v) is 16.5. The molecule has 6 heteroatoms. The Balaban J connectivity index is 1.49. The number of phenolic OH excluding ortho intramolecular Hbond substituents is 2. The molecule has 0 aliphatic heterocycles. The summed E-state index contributed by atoms with van der Waals surface area (Å²) in [7, 11) is 0. The van der Waals surface area contributed by atoms with Gasteiger partial charge in [-0.2, -0.15) is 0 Å². The molecule has 0 saturated heterocycles. The predicted molar refractivity (Wildman–Crippen MR) is 186 cm³/mol. The Morgan fingerprint density at radius 1 is 0.478 bits per heavy atom. The summed E-state index contributed by atoms with van der Waals surface area (Å²) in [6.45, 7) is 11.5. The van der Waals surface area contributed by atoms with Crippen molar-refractivity contribution in [1.29, 1.82) is 0 Å². The highest BCUT2D eigenvalue weighted by Crippen LogP contribution is 2.56. The van der Waals surface area contributed by atoms with Crippen LogP contribution in [-0.4, -0.2) is 48.6 Å². The lowest BCUT2D eigenvalue weighted by atomic mass is 9.60. The molecule has 46 heavy (non-hydrogen) atoms. The topological polar surface area (TPSA) is 93.1 Å². The smallest absolute Gasteiger partial charge is 0.123 e. The van der Waals surface area contributed by atoms with Gasteiger partial charge in [-0.3, -0.25) is 0 Å². The number of hydrogen-bond donors (Lipinski definition) is 2. The molecule has 2 atom stereocenters. The highest BCUT2D eigenvalue weighted by atomic mass is 16.3. The molecule has 0 heterocycles. The molecule has 7 rings (SSSR count). The van der Waals surface area contributed by atoms with E-state index in [1.807, 2.05) is 48.5 Å². The average molecular weight is 613 g/mol. The first-order valence-electron chi connectivity index (χ1n) is 16.5. The van der Waals surface area contributed by atoms with Crippen molar-refractivity contribution >= 4 is 54.5 Å². The number of fused-ring (bicyclic) bond motifs is 4. The maximum absolute atomic E-state index is 14.7. The van der Waals surface area contributed by atoms with Crippen molar-refractivity contribution in [2.24, 2.45) is 0 Å². The van der Waals surface area contributed by atoms with Gasteiger partial charge in [-0.25, -0.2) is 0 Å². The van der Waals surface area contributed by atoms with Gasteiger partial charge in [0.25, 0.3) is 0 Å². The Morgan fingerprint density at radius 2 is 0.826 bits per heavy atom. The van der Waals surface area contributed by atoms with Crippen LogP contribution in [0.4, 0.5) is 11.4 Å². The Kier molecular flexibility index (Phi) is 7.66. The van der Waals surface area contributed by atoms with E-state index in [4.69, 9.17) is 0 Å². The minimum atomic E-state index is -1.28. The molecule has 2 unspecified atom stereocenters. The monoisotopic (exact) mass is 612 g/mol. The molecular formula is C40H40N2O4-2. The maximum atomic E-state index is 14.7. The Hall–Kier alpha value is -4.52. The van der Waals surface area contributed by atoms with E-state index in [0.717, 1.165) is 75.4 Å². The van der Waals surface area contributed by atoms with E-state index < -0.39 is 24.0 Å². The Morgan fingerprint density at radius 3 is 1.24 bits per heavy atom. The van der Waals surface area contributed by atoms with Gasteiger partial charge >= 0.3 is 0 Å². The standard InChI is InChI=1S/C40H40N2O4/c1-5-41(6-2)37-25-17-11-9-15-23(25)31(24-16-10-12-18-26(24)37)35-39(45)36(40(35)46)34-32-27(19-13-21-29(32)43)38(42(7-3)8-4)28-20-14-22-30(44)33(28)34/h9-22,35-36,39-40,43-44H,5-8H2,1-4H3/q-2. The van der Waals surface area contributed by atoms with Gasteiger partial charge in [-0.05, 0) is 73.6 Å². The zero-order chi connectivity index (χ0) is 32.3. The molecule has 1 aliphatic rings. The van der Waals surface area contributed by atoms with Crippen molar-refractivity contribution < 1.29 is 20.4 Å². The summed E-state index contributed by atoms with van der Waals surface area (Å²) in [5.74, 6) is -1.74. The normalized spacial score (nSPS) is 19.6. The average Bonchev–Trinajstić information content (AvgIpc) is 3.07. The van der Waals surface area contributed by atoms with E-state index in [0.29, 0.717) is 16.3 Å². The molecule has 0 spiro atoms. The summed E-state index contributed by atoms with van der Waals surface area (Å²) in [5, 5.41) is 58.7. The van der Waals surface area contributed by atoms with Gasteiger partial charge in [0.15, 0.2) is 0 Å². The van der Waals surface area contributed by atoms with Gasteiger partial charge in [-0.1, -0.05) is 72.8 Å². The molecule has 2 N–H and O–H groups in total. The predicted octanol–water partition coefficient (Wildman–Crippen LogP) is 6.74. The van der Waals surface area contributed by atoms with Crippen LogP contribution in [0.15, 0.2) is 84.9 Å². The first kappa shape index (κ1) is 30.2. The van der Waals surface area contributed by atoms with Gasteiger partial charge in [0.1, 0.15) is 11.5 Å². The number of benzene rings is 6. The van der Waals surface area contributed by atoms with Crippen molar-refractivity contribution in [1.82, 2.24) is 0 Å². The first-order chi connectivity index (χ1) is 22.4. The minimum Gasteiger partial charge on any atom is -0.851 e. The van der Waals surface area contributed by atoms with E-state index in [1.165, 1.54) is 0 Å². The lowest BCUT2D eigenvalue weighted by molar-refractivity contribution is -0.535. The number of phenols is 2. The van der Waals surface area contributed by atoms with E-state index in [-0.39, 0.29) is 11.5 Å². The Bertz CT molecular complexity index is 1970. The van der Waals surface area contributed by atoms with Gasteiger partial charge in [0, 0.05) is 58.5 Å². The molecule has 1 fully saturated rings. The third-order valence-corrected chi connectivity index (χ3v) is 10.3. The highest BCUT2D eigenvalue weighted by Gasteiger charge is 2.43. The van der Waals surface area contributed by atoms with Gasteiger partial charge in [0.2, 0.25) is 0 Å². The second kappa shape index (κ2) is 11.7. The molecule has 6 aromatic carbocycles. The summed E-state index contributed by atoms with van der Waals surface area (Å²) in [6.07, 6.45) is -2.56. The molecule has 1 aliphatic carbocycles. The highest BCUT2D eigenvalue weighted by molar-refractivity contribution is 6.18. The van der Waals surface area contributed by atoms with Crippen LogP contribution < -0.4 is 20.0 Å². The molecule has 0 amide bonds. The lowest BCUT2D eigenvalue weighted by Gasteiger charge is -2.62. The van der Waals surface area contributed by atoms with Crippen molar-refractivity contribution in [2.45, 2.75) is 51.7 Å². The zero-order valence-corrected chi connectivity index (χ0v) is 26.8. The Labute approximate surface area is 269 Å². The quantitative estimate of drug-likeness (QED) is 0.185. The number of aromatic hydroxyl groups is 2. The SMILES string of the molecule is CCN(CC)c1c2ccccc2c(C2C([O-])C(c3c4c(O)cccc4c(N(CC)CC)c4cccc(O)c34)C2[O-])c2ccccc12. The fourth-order valence-electron chi connectivity index (χ4n) is 8.24. The zero-order valence-electron chi connectivity index (χ0n) is 26.8.